The molecule has 2 rings (SSSR count). The first-order valence-electron chi connectivity index (χ1n) is 6.77. The van der Waals surface area contributed by atoms with Crippen molar-refractivity contribution in [3.05, 3.63) is 35.1 Å². The summed E-state index contributed by atoms with van der Waals surface area (Å²) in [6.07, 6.45) is 4.56. The van der Waals surface area contributed by atoms with Crippen LogP contribution in [0.25, 0.3) is 0 Å². The highest BCUT2D eigenvalue weighted by Gasteiger charge is 2.29. The molecule has 0 spiro atoms. The fourth-order valence-electron chi connectivity index (χ4n) is 2.57. The van der Waals surface area contributed by atoms with Gasteiger partial charge in [-0.05, 0) is 37.5 Å². The molecule has 1 aromatic rings. The number of hydrogen-bond acceptors (Lipinski definition) is 2. The number of halogens is 1. The van der Waals surface area contributed by atoms with Crippen molar-refractivity contribution in [1.82, 2.24) is 5.32 Å². The smallest absolute Gasteiger partial charge is 0.251 e. The number of amides is 1. The second-order valence-corrected chi connectivity index (χ2v) is 5.43. The summed E-state index contributed by atoms with van der Waals surface area (Å²) in [6.45, 7) is 2.01. The van der Waals surface area contributed by atoms with Crippen LogP contribution in [0.5, 0.6) is 0 Å². The van der Waals surface area contributed by atoms with E-state index < -0.39 is 11.4 Å². The van der Waals surface area contributed by atoms with Crippen molar-refractivity contribution in [2.75, 3.05) is 6.54 Å². The molecule has 0 heterocycles. The summed E-state index contributed by atoms with van der Waals surface area (Å²) >= 11 is 0. The molecule has 0 aromatic heterocycles. The summed E-state index contributed by atoms with van der Waals surface area (Å²) in [5.74, 6) is -0.747. The Balaban J connectivity index is 1.99. The van der Waals surface area contributed by atoms with Crippen LogP contribution >= 0.6 is 0 Å². The van der Waals surface area contributed by atoms with E-state index in [1.807, 2.05) is 0 Å². The van der Waals surface area contributed by atoms with E-state index in [-0.39, 0.29) is 12.5 Å². The Morgan fingerprint density at radius 1 is 1.37 bits per heavy atom. The van der Waals surface area contributed by atoms with E-state index in [1.165, 1.54) is 12.1 Å². The Kier molecular flexibility index (Phi) is 4.20. The highest BCUT2D eigenvalue weighted by atomic mass is 19.1. The van der Waals surface area contributed by atoms with Crippen molar-refractivity contribution in [2.24, 2.45) is 0 Å². The van der Waals surface area contributed by atoms with Gasteiger partial charge in [0.15, 0.2) is 0 Å². The topological polar surface area (TPSA) is 49.3 Å². The number of rotatable bonds is 3. The molecule has 0 saturated heterocycles. The molecule has 2 N–H and O–H groups in total. The molecule has 1 saturated carbocycles. The fraction of sp³-hybridized carbons (Fsp3) is 0.533. The monoisotopic (exact) mass is 265 g/mol. The fourth-order valence-corrected chi connectivity index (χ4v) is 2.57. The van der Waals surface area contributed by atoms with E-state index in [1.54, 1.807) is 13.0 Å². The molecule has 0 atom stereocenters. The van der Waals surface area contributed by atoms with Gasteiger partial charge < -0.3 is 10.4 Å². The van der Waals surface area contributed by atoms with E-state index in [2.05, 4.69) is 5.32 Å². The van der Waals surface area contributed by atoms with Gasteiger partial charge >= 0.3 is 0 Å². The van der Waals surface area contributed by atoms with E-state index in [4.69, 9.17) is 0 Å². The number of carbonyl (C=O) groups is 1. The van der Waals surface area contributed by atoms with Gasteiger partial charge in [-0.3, -0.25) is 4.79 Å². The first kappa shape index (κ1) is 14.0. The van der Waals surface area contributed by atoms with Gasteiger partial charge in [0.25, 0.3) is 5.91 Å². The molecule has 0 aliphatic heterocycles. The van der Waals surface area contributed by atoms with Crippen LogP contribution in [0.4, 0.5) is 4.39 Å². The lowest BCUT2D eigenvalue weighted by atomic mass is 9.85. The van der Waals surface area contributed by atoms with Gasteiger partial charge in [-0.2, -0.15) is 0 Å². The minimum atomic E-state index is -0.796. The summed E-state index contributed by atoms with van der Waals surface area (Å²) in [5, 5.41) is 13.0. The van der Waals surface area contributed by atoms with Crippen molar-refractivity contribution in [3.63, 3.8) is 0 Å². The molecule has 3 nitrogen and oxygen atoms in total. The molecule has 1 aliphatic rings. The van der Waals surface area contributed by atoms with Crippen LogP contribution in [-0.2, 0) is 0 Å². The Hall–Kier alpha value is -1.42. The highest BCUT2D eigenvalue weighted by molar-refractivity contribution is 5.95. The maximum Gasteiger partial charge on any atom is 0.251 e. The number of hydrogen-bond donors (Lipinski definition) is 2. The Bertz CT molecular complexity index is 467. The molecule has 1 aromatic carbocycles. The van der Waals surface area contributed by atoms with Crippen molar-refractivity contribution in [2.45, 2.75) is 44.6 Å². The minimum Gasteiger partial charge on any atom is -0.388 e. The predicted molar refractivity (Wildman–Crippen MR) is 71.5 cm³/mol. The molecular weight excluding hydrogens is 245 g/mol. The first-order chi connectivity index (χ1) is 9.00. The van der Waals surface area contributed by atoms with Gasteiger partial charge in [-0.1, -0.05) is 25.3 Å². The second kappa shape index (κ2) is 5.70. The number of benzene rings is 1. The first-order valence-corrected chi connectivity index (χ1v) is 6.77. The molecule has 1 amide bonds. The minimum absolute atomic E-state index is 0.238. The third-order valence-corrected chi connectivity index (χ3v) is 3.81. The highest BCUT2D eigenvalue weighted by Crippen LogP contribution is 2.27. The Labute approximate surface area is 112 Å². The van der Waals surface area contributed by atoms with Crippen molar-refractivity contribution in [3.8, 4) is 0 Å². The third kappa shape index (κ3) is 3.53. The van der Waals surface area contributed by atoms with E-state index in [0.29, 0.717) is 5.56 Å². The SMILES string of the molecule is Cc1ccc(F)cc1C(=O)NCC1(O)CCCCC1. The lowest BCUT2D eigenvalue weighted by Gasteiger charge is -2.32. The van der Waals surface area contributed by atoms with Crippen LogP contribution in [0.15, 0.2) is 18.2 Å². The summed E-state index contributed by atoms with van der Waals surface area (Å²) in [5.41, 5.74) is 0.267. The lowest BCUT2D eigenvalue weighted by Crippen LogP contribution is -2.44. The summed E-state index contributed by atoms with van der Waals surface area (Å²) in [6, 6.07) is 4.15. The van der Waals surface area contributed by atoms with Crippen molar-refractivity contribution < 1.29 is 14.3 Å². The molecule has 104 valence electrons. The van der Waals surface area contributed by atoms with Crippen LogP contribution in [0.2, 0.25) is 0 Å². The molecule has 0 radical (unpaired) electrons. The average molecular weight is 265 g/mol. The van der Waals surface area contributed by atoms with Crippen LogP contribution in [0.3, 0.4) is 0 Å². The maximum atomic E-state index is 13.1. The second-order valence-electron chi connectivity index (χ2n) is 5.43. The number of aliphatic hydroxyl groups is 1. The van der Waals surface area contributed by atoms with Gasteiger partial charge in [0, 0.05) is 12.1 Å². The predicted octanol–water partition coefficient (Wildman–Crippen LogP) is 2.56. The van der Waals surface area contributed by atoms with Gasteiger partial charge in [-0.15, -0.1) is 0 Å². The van der Waals surface area contributed by atoms with E-state index in [9.17, 15) is 14.3 Å². The van der Waals surface area contributed by atoms with Crippen LogP contribution in [-0.4, -0.2) is 23.2 Å². The van der Waals surface area contributed by atoms with Gasteiger partial charge in [-0.25, -0.2) is 4.39 Å². The lowest BCUT2D eigenvalue weighted by molar-refractivity contribution is 0.00525. The number of nitrogens with one attached hydrogen (secondary N) is 1. The van der Waals surface area contributed by atoms with Crippen molar-refractivity contribution in [1.29, 1.82) is 0 Å². The standard InChI is InChI=1S/C15H20FNO2/c1-11-5-6-12(16)9-13(11)14(18)17-10-15(19)7-3-2-4-8-15/h5-6,9,19H,2-4,7-8,10H2,1H3,(H,17,18). The third-order valence-electron chi connectivity index (χ3n) is 3.81. The van der Waals surface area contributed by atoms with Gasteiger partial charge in [0.1, 0.15) is 5.82 Å². The van der Waals surface area contributed by atoms with Crippen LogP contribution in [0.1, 0.15) is 48.0 Å². The molecule has 0 unspecified atom stereocenters. The number of aryl methyl sites for hydroxylation is 1. The normalized spacial score (nSPS) is 18.1. The van der Waals surface area contributed by atoms with Gasteiger partial charge in [0.2, 0.25) is 0 Å². The molecular formula is C15H20FNO2. The zero-order valence-corrected chi connectivity index (χ0v) is 11.2. The quantitative estimate of drug-likeness (QED) is 0.882. The Morgan fingerprint density at radius 2 is 2.05 bits per heavy atom. The Morgan fingerprint density at radius 3 is 2.74 bits per heavy atom. The molecule has 4 heteroatoms. The van der Waals surface area contributed by atoms with E-state index in [0.717, 1.165) is 37.7 Å². The molecule has 1 aliphatic carbocycles. The van der Waals surface area contributed by atoms with Crippen LogP contribution in [0, 0.1) is 12.7 Å². The molecule has 0 bridgehead atoms. The average Bonchev–Trinajstić information content (AvgIpc) is 2.40. The zero-order chi connectivity index (χ0) is 13.9. The molecule has 19 heavy (non-hydrogen) atoms. The zero-order valence-electron chi connectivity index (χ0n) is 11.2. The number of carbonyl (C=O) groups excluding carboxylic acids is 1. The van der Waals surface area contributed by atoms with Crippen LogP contribution < -0.4 is 5.32 Å². The molecule has 1 fully saturated rings. The van der Waals surface area contributed by atoms with E-state index >= 15 is 0 Å². The summed E-state index contributed by atoms with van der Waals surface area (Å²) in [4.78, 5) is 12.0. The largest absolute Gasteiger partial charge is 0.388 e. The van der Waals surface area contributed by atoms with Gasteiger partial charge in [0.05, 0.1) is 5.60 Å². The maximum absolute atomic E-state index is 13.1. The van der Waals surface area contributed by atoms with Crippen molar-refractivity contribution >= 4 is 5.91 Å². The summed E-state index contributed by atoms with van der Waals surface area (Å²) < 4.78 is 13.1. The summed E-state index contributed by atoms with van der Waals surface area (Å²) in [7, 11) is 0.